The summed E-state index contributed by atoms with van der Waals surface area (Å²) in [6.07, 6.45) is 3.44. The van der Waals surface area contributed by atoms with Gasteiger partial charge in [-0.05, 0) is 68.0 Å². The van der Waals surface area contributed by atoms with Crippen molar-refractivity contribution in [3.05, 3.63) is 59.2 Å². The molecule has 4 heteroatoms. The highest BCUT2D eigenvalue weighted by Crippen LogP contribution is 2.39. The Balaban J connectivity index is 1.38. The van der Waals surface area contributed by atoms with Gasteiger partial charge in [0.15, 0.2) is 17.3 Å². The summed E-state index contributed by atoms with van der Waals surface area (Å²) >= 11 is 0. The van der Waals surface area contributed by atoms with Crippen molar-refractivity contribution in [2.24, 2.45) is 11.8 Å². The zero-order valence-corrected chi connectivity index (χ0v) is 16.6. The van der Waals surface area contributed by atoms with E-state index in [9.17, 15) is 4.79 Å². The molecule has 0 saturated carbocycles. The van der Waals surface area contributed by atoms with Gasteiger partial charge in [-0.3, -0.25) is 9.69 Å². The number of likely N-dealkylation sites (tertiary alicyclic amines) is 1. The SMILES string of the molecule is [2H]C([2H])(c1ccccc1)N1CCC(CC2Cc3cc(OC)c(OC)cc3C2=O)CC1. The van der Waals surface area contributed by atoms with Gasteiger partial charge in [-0.2, -0.15) is 0 Å². The van der Waals surface area contributed by atoms with Gasteiger partial charge >= 0.3 is 0 Å². The molecule has 1 aliphatic heterocycles. The van der Waals surface area contributed by atoms with Crippen LogP contribution >= 0.6 is 0 Å². The third kappa shape index (κ3) is 3.93. The van der Waals surface area contributed by atoms with E-state index in [0.717, 1.165) is 36.8 Å². The number of hydrogen-bond acceptors (Lipinski definition) is 4. The standard InChI is InChI=1S/C24H29NO3/c1-27-22-14-19-13-20(24(26)21(19)15-23(22)28-2)12-17-8-10-25(11-9-17)16-18-6-4-3-5-7-18/h3-7,14-15,17,20H,8-13,16H2,1-2H3/i16D2. The van der Waals surface area contributed by atoms with E-state index in [-0.39, 0.29) is 11.7 Å². The van der Waals surface area contributed by atoms with Crippen LogP contribution in [0.3, 0.4) is 0 Å². The lowest BCUT2D eigenvalue weighted by Crippen LogP contribution is -2.34. The molecule has 0 amide bonds. The zero-order chi connectivity index (χ0) is 21.3. The Kier molecular flexibility index (Phi) is 4.96. The summed E-state index contributed by atoms with van der Waals surface area (Å²) < 4.78 is 27.9. The number of ether oxygens (including phenoxy) is 2. The summed E-state index contributed by atoms with van der Waals surface area (Å²) in [6.45, 7) is -0.0388. The van der Waals surface area contributed by atoms with Crippen LogP contribution in [0.25, 0.3) is 0 Å². The second-order valence-corrected chi connectivity index (χ2v) is 7.77. The number of methoxy groups -OCH3 is 2. The first kappa shape index (κ1) is 16.6. The molecule has 2 aromatic rings. The summed E-state index contributed by atoms with van der Waals surface area (Å²) in [5, 5.41) is 0. The first-order chi connectivity index (χ1) is 14.4. The minimum absolute atomic E-state index is 0.000698. The molecule has 4 rings (SSSR count). The molecule has 2 aromatic carbocycles. The lowest BCUT2D eigenvalue weighted by atomic mass is 9.85. The normalized spacial score (nSPS) is 21.8. The van der Waals surface area contributed by atoms with E-state index in [2.05, 4.69) is 0 Å². The average Bonchev–Trinajstić information content (AvgIpc) is 3.08. The number of fused-ring (bicyclic) bond motifs is 1. The van der Waals surface area contributed by atoms with E-state index >= 15 is 0 Å². The first-order valence-electron chi connectivity index (χ1n) is 11.0. The van der Waals surface area contributed by atoms with E-state index in [1.54, 1.807) is 14.2 Å². The molecule has 1 aliphatic carbocycles. The Morgan fingerprint density at radius 3 is 2.43 bits per heavy atom. The summed E-state index contributed by atoms with van der Waals surface area (Å²) in [6, 6.07) is 13.1. The van der Waals surface area contributed by atoms with Crippen molar-refractivity contribution in [1.29, 1.82) is 0 Å². The highest BCUT2D eigenvalue weighted by atomic mass is 16.5. The van der Waals surface area contributed by atoms with Crippen LogP contribution in [0.15, 0.2) is 42.5 Å². The molecular weight excluding hydrogens is 350 g/mol. The number of carbonyl (C=O) groups is 1. The zero-order valence-electron chi connectivity index (χ0n) is 18.6. The number of Topliss-reactive ketones (excluding diaryl/α,β-unsaturated/α-hetero) is 1. The molecule has 0 radical (unpaired) electrons. The van der Waals surface area contributed by atoms with Crippen molar-refractivity contribution in [2.75, 3.05) is 27.3 Å². The molecule has 4 nitrogen and oxygen atoms in total. The van der Waals surface area contributed by atoms with Gasteiger partial charge in [-0.25, -0.2) is 0 Å². The van der Waals surface area contributed by atoms with Gasteiger partial charge in [0.1, 0.15) is 0 Å². The maximum absolute atomic E-state index is 13.0. The van der Waals surface area contributed by atoms with Crippen molar-refractivity contribution in [3.63, 3.8) is 0 Å². The fraction of sp³-hybridized carbons (Fsp3) is 0.458. The third-order valence-corrected chi connectivity index (χ3v) is 6.01. The number of nitrogens with zero attached hydrogens (tertiary/aromatic N) is 1. The maximum atomic E-state index is 13.0. The Labute approximate surface area is 170 Å². The summed E-state index contributed by atoms with van der Waals surface area (Å²) in [7, 11) is 3.20. The average molecular weight is 382 g/mol. The highest BCUT2D eigenvalue weighted by molar-refractivity contribution is 6.02. The monoisotopic (exact) mass is 381 g/mol. The van der Waals surface area contributed by atoms with Gasteiger partial charge in [0.2, 0.25) is 0 Å². The van der Waals surface area contributed by atoms with Crippen LogP contribution in [0.1, 0.15) is 43.5 Å². The van der Waals surface area contributed by atoms with Gasteiger partial charge in [-0.1, -0.05) is 30.3 Å². The maximum Gasteiger partial charge on any atom is 0.166 e. The molecule has 148 valence electrons. The minimum atomic E-state index is -1.46. The van der Waals surface area contributed by atoms with Crippen molar-refractivity contribution in [3.8, 4) is 11.5 Å². The quantitative estimate of drug-likeness (QED) is 0.745. The summed E-state index contributed by atoms with van der Waals surface area (Å²) in [5.74, 6) is 1.91. The van der Waals surface area contributed by atoms with Gasteiger partial charge in [-0.15, -0.1) is 0 Å². The fourth-order valence-electron chi connectivity index (χ4n) is 4.47. The van der Waals surface area contributed by atoms with Crippen molar-refractivity contribution < 1.29 is 17.0 Å². The van der Waals surface area contributed by atoms with Gasteiger partial charge in [0.25, 0.3) is 0 Å². The molecule has 0 spiro atoms. The second-order valence-electron chi connectivity index (χ2n) is 7.77. The molecule has 1 fully saturated rings. The molecule has 2 aliphatic rings. The van der Waals surface area contributed by atoms with Gasteiger partial charge < -0.3 is 9.47 Å². The summed E-state index contributed by atoms with van der Waals surface area (Å²) in [5.41, 5.74) is 2.50. The predicted molar refractivity (Wildman–Crippen MR) is 110 cm³/mol. The van der Waals surface area contributed by atoms with Gasteiger partial charge in [0.05, 0.1) is 14.2 Å². The van der Waals surface area contributed by atoms with E-state index in [1.807, 2.05) is 47.4 Å². The van der Waals surface area contributed by atoms with Crippen LogP contribution < -0.4 is 9.47 Å². The van der Waals surface area contributed by atoms with Gasteiger partial charge in [0, 0.05) is 20.7 Å². The number of benzene rings is 2. The predicted octanol–water partition coefficient (Wildman–Crippen LogP) is 4.36. The molecule has 0 aromatic heterocycles. The number of piperidine rings is 1. The first-order valence-corrected chi connectivity index (χ1v) is 10.0. The van der Waals surface area contributed by atoms with E-state index in [4.69, 9.17) is 12.2 Å². The Morgan fingerprint density at radius 1 is 1.07 bits per heavy atom. The summed E-state index contributed by atoms with van der Waals surface area (Å²) in [4.78, 5) is 14.9. The molecule has 1 heterocycles. The number of ketones is 1. The topological polar surface area (TPSA) is 38.8 Å². The molecular formula is C24H29NO3. The lowest BCUT2D eigenvalue weighted by molar-refractivity contribution is 0.0895. The lowest BCUT2D eigenvalue weighted by Gasteiger charge is -2.32. The van der Waals surface area contributed by atoms with E-state index < -0.39 is 6.50 Å². The van der Waals surface area contributed by atoms with Crippen molar-refractivity contribution in [2.45, 2.75) is 32.2 Å². The van der Waals surface area contributed by atoms with Crippen LogP contribution in [0.4, 0.5) is 0 Å². The smallest absolute Gasteiger partial charge is 0.166 e. The Morgan fingerprint density at radius 2 is 1.75 bits per heavy atom. The second kappa shape index (κ2) is 8.36. The van der Waals surface area contributed by atoms with Crippen LogP contribution in [0.5, 0.6) is 11.5 Å². The molecule has 1 unspecified atom stereocenters. The molecule has 28 heavy (non-hydrogen) atoms. The molecule has 0 bridgehead atoms. The van der Waals surface area contributed by atoms with E-state index in [1.165, 1.54) is 0 Å². The Hall–Kier alpha value is -2.33. The van der Waals surface area contributed by atoms with E-state index in [0.29, 0.717) is 36.1 Å². The number of rotatable bonds is 6. The van der Waals surface area contributed by atoms with Crippen LogP contribution in [-0.2, 0) is 12.9 Å². The molecule has 1 saturated heterocycles. The van der Waals surface area contributed by atoms with Crippen LogP contribution in [0.2, 0.25) is 0 Å². The van der Waals surface area contributed by atoms with Crippen molar-refractivity contribution in [1.82, 2.24) is 4.90 Å². The number of carbonyl (C=O) groups excluding carboxylic acids is 1. The largest absolute Gasteiger partial charge is 0.493 e. The highest BCUT2D eigenvalue weighted by Gasteiger charge is 2.34. The minimum Gasteiger partial charge on any atom is -0.493 e. The Bertz CT molecular complexity index is 908. The molecule has 1 atom stereocenters. The van der Waals surface area contributed by atoms with Crippen LogP contribution in [-0.4, -0.2) is 38.0 Å². The van der Waals surface area contributed by atoms with Crippen LogP contribution in [0, 0.1) is 11.8 Å². The molecule has 0 N–H and O–H groups in total. The fourth-order valence-corrected chi connectivity index (χ4v) is 4.47. The van der Waals surface area contributed by atoms with Crippen molar-refractivity contribution >= 4 is 5.78 Å². The number of hydrogen-bond donors (Lipinski definition) is 0. The third-order valence-electron chi connectivity index (χ3n) is 6.01.